The predicted octanol–water partition coefficient (Wildman–Crippen LogP) is 5.57. The van der Waals surface area contributed by atoms with Crippen molar-refractivity contribution in [3.05, 3.63) is 36.5 Å². The third-order valence-corrected chi connectivity index (χ3v) is 6.18. The molecule has 2 rings (SSSR count). The number of allylic oxidation sites excluding steroid dienone is 3. The van der Waals surface area contributed by atoms with Crippen molar-refractivity contribution in [2.45, 2.75) is 60.3 Å². The molecule has 0 heterocycles. The molecule has 1 saturated carbocycles. The molecule has 4 atom stereocenters. The molecule has 4 heteroatoms. The summed E-state index contributed by atoms with van der Waals surface area (Å²) in [4.78, 5) is 21.3. The lowest BCUT2D eigenvalue weighted by atomic mass is 9.67. The third kappa shape index (κ3) is 6.37. The van der Waals surface area contributed by atoms with Crippen molar-refractivity contribution in [3.63, 3.8) is 0 Å². The van der Waals surface area contributed by atoms with Crippen molar-refractivity contribution >= 4 is 11.9 Å². The Labute approximate surface area is 164 Å². The Morgan fingerprint density at radius 3 is 2.26 bits per heavy atom. The van der Waals surface area contributed by atoms with E-state index in [9.17, 15) is 9.59 Å². The van der Waals surface area contributed by atoms with Crippen molar-refractivity contribution in [2.24, 2.45) is 35.0 Å². The molecular weight excluding hydrogens is 340 g/mol. The maximum absolute atomic E-state index is 10.8. The van der Waals surface area contributed by atoms with Gasteiger partial charge in [-0.2, -0.15) is 0 Å². The fraction of sp³-hybridized carbons (Fsp3) is 0.652. The van der Waals surface area contributed by atoms with E-state index in [1.54, 1.807) is 0 Å². The first-order chi connectivity index (χ1) is 12.5. The van der Waals surface area contributed by atoms with E-state index < -0.39 is 17.4 Å². The van der Waals surface area contributed by atoms with Crippen LogP contribution in [0.2, 0.25) is 0 Å². The maximum atomic E-state index is 10.8. The fourth-order valence-electron chi connectivity index (χ4n) is 4.11. The van der Waals surface area contributed by atoms with Gasteiger partial charge >= 0.3 is 11.9 Å². The molecule has 4 nitrogen and oxygen atoms in total. The topological polar surface area (TPSA) is 74.6 Å². The summed E-state index contributed by atoms with van der Waals surface area (Å²) < 4.78 is 0. The Hall–Kier alpha value is -1.84. The molecule has 152 valence electrons. The van der Waals surface area contributed by atoms with Gasteiger partial charge in [0.25, 0.3) is 0 Å². The predicted molar refractivity (Wildman–Crippen MR) is 109 cm³/mol. The van der Waals surface area contributed by atoms with E-state index in [0.717, 1.165) is 29.6 Å². The van der Waals surface area contributed by atoms with E-state index in [1.165, 1.54) is 44.4 Å². The monoisotopic (exact) mass is 376 g/mol. The standard InChI is InChI=1S/C14H26.C9H10O4/c1-6-12-7-8-13(10(2)3)9-14(12)11(4)5;1-9(8(12)13)4-2-3-6(5-9)7(10)11/h6,10-14H,1,7-9H2,2-5H3;2-4H,5H2,1H3,(H,10,11)(H,12,13). The molecule has 0 spiro atoms. The maximum Gasteiger partial charge on any atom is 0.331 e. The lowest BCUT2D eigenvalue weighted by Crippen LogP contribution is -2.29. The van der Waals surface area contributed by atoms with Gasteiger partial charge in [0.2, 0.25) is 0 Å². The van der Waals surface area contributed by atoms with E-state index in [-0.39, 0.29) is 12.0 Å². The normalized spacial score (nSPS) is 30.3. The van der Waals surface area contributed by atoms with Crippen molar-refractivity contribution in [1.82, 2.24) is 0 Å². The molecular formula is C23H36O4. The van der Waals surface area contributed by atoms with Crippen LogP contribution >= 0.6 is 0 Å². The molecule has 0 aromatic heterocycles. The van der Waals surface area contributed by atoms with Crippen LogP contribution in [-0.2, 0) is 9.59 Å². The number of hydrogen-bond donors (Lipinski definition) is 2. The Balaban J connectivity index is 0.000000271. The Morgan fingerprint density at radius 1 is 1.19 bits per heavy atom. The van der Waals surface area contributed by atoms with Crippen LogP contribution in [0.5, 0.6) is 0 Å². The van der Waals surface area contributed by atoms with Crippen LogP contribution in [-0.4, -0.2) is 22.2 Å². The molecule has 27 heavy (non-hydrogen) atoms. The minimum absolute atomic E-state index is 0.0359. The van der Waals surface area contributed by atoms with Crippen LogP contribution in [0.15, 0.2) is 36.5 Å². The highest BCUT2D eigenvalue weighted by molar-refractivity contribution is 5.90. The van der Waals surface area contributed by atoms with Crippen molar-refractivity contribution in [1.29, 1.82) is 0 Å². The van der Waals surface area contributed by atoms with E-state index in [2.05, 4.69) is 40.3 Å². The summed E-state index contributed by atoms with van der Waals surface area (Å²) in [6, 6.07) is 0. The van der Waals surface area contributed by atoms with Gasteiger partial charge in [-0.3, -0.25) is 4.79 Å². The number of carbonyl (C=O) groups is 2. The Morgan fingerprint density at radius 2 is 1.81 bits per heavy atom. The van der Waals surface area contributed by atoms with Gasteiger partial charge in [-0.1, -0.05) is 52.0 Å². The van der Waals surface area contributed by atoms with Crippen LogP contribution in [0.25, 0.3) is 0 Å². The summed E-state index contributed by atoms with van der Waals surface area (Å²) in [6.07, 6.45) is 10.8. The van der Waals surface area contributed by atoms with Crippen molar-refractivity contribution in [2.75, 3.05) is 0 Å². The van der Waals surface area contributed by atoms with Gasteiger partial charge in [-0.15, -0.1) is 6.58 Å². The number of carboxylic acid groups (broad SMARTS) is 2. The molecule has 0 amide bonds. The van der Waals surface area contributed by atoms with Gasteiger partial charge in [-0.25, -0.2) is 4.79 Å². The van der Waals surface area contributed by atoms with E-state index in [4.69, 9.17) is 10.2 Å². The number of hydrogen-bond acceptors (Lipinski definition) is 2. The lowest BCUT2D eigenvalue weighted by molar-refractivity contribution is -0.145. The highest BCUT2D eigenvalue weighted by Crippen LogP contribution is 2.41. The average molecular weight is 377 g/mol. The summed E-state index contributed by atoms with van der Waals surface area (Å²) in [7, 11) is 0. The zero-order valence-corrected chi connectivity index (χ0v) is 17.4. The molecule has 0 bridgehead atoms. The van der Waals surface area contributed by atoms with Crippen LogP contribution in [0.3, 0.4) is 0 Å². The first kappa shape index (κ1) is 23.2. The van der Waals surface area contributed by atoms with E-state index in [0.29, 0.717) is 0 Å². The number of rotatable bonds is 5. The van der Waals surface area contributed by atoms with Gasteiger partial charge in [0.15, 0.2) is 0 Å². The second-order valence-corrected chi connectivity index (χ2v) is 8.88. The average Bonchev–Trinajstić information content (AvgIpc) is 2.61. The second-order valence-electron chi connectivity index (χ2n) is 8.88. The van der Waals surface area contributed by atoms with Crippen LogP contribution in [0.1, 0.15) is 60.3 Å². The summed E-state index contributed by atoms with van der Waals surface area (Å²) >= 11 is 0. The molecule has 0 saturated heterocycles. The van der Waals surface area contributed by atoms with E-state index in [1.807, 2.05) is 0 Å². The summed E-state index contributed by atoms with van der Waals surface area (Å²) in [5.41, 5.74) is -0.949. The zero-order chi connectivity index (χ0) is 20.8. The van der Waals surface area contributed by atoms with Crippen LogP contribution < -0.4 is 0 Å². The molecule has 1 fully saturated rings. The quantitative estimate of drug-likeness (QED) is 0.616. The van der Waals surface area contributed by atoms with Crippen molar-refractivity contribution in [3.8, 4) is 0 Å². The summed E-state index contributed by atoms with van der Waals surface area (Å²) in [5.74, 6) is 2.24. The minimum atomic E-state index is -1.08. The molecule has 2 N–H and O–H groups in total. The summed E-state index contributed by atoms with van der Waals surface area (Å²) in [6.45, 7) is 15.0. The fourth-order valence-corrected chi connectivity index (χ4v) is 4.11. The second kappa shape index (κ2) is 9.91. The van der Waals surface area contributed by atoms with Gasteiger partial charge in [0.05, 0.1) is 5.41 Å². The first-order valence-electron chi connectivity index (χ1n) is 9.99. The smallest absolute Gasteiger partial charge is 0.331 e. The minimum Gasteiger partial charge on any atom is -0.481 e. The molecule has 0 radical (unpaired) electrons. The first-order valence-corrected chi connectivity index (χ1v) is 9.99. The van der Waals surface area contributed by atoms with Gasteiger partial charge in [0, 0.05) is 5.57 Å². The molecule has 0 aromatic rings. The third-order valence-electron chi connectivity index (χ3n) is 6.18. The lowest BCUT2D eigenvalue weighted by Gasteiger charge is -2.38. The largest absolute Gasteiger partial charge is 0.481 e. The molecule has 4 unspecified atom stereocenters. The van der Waals surface area contributed by atoms with Gasteiger partial charge in [0.1, 0.15) is 0 Å². The highest BCUT2D eigenvalue weighted by atomic mass is 16.4. The van der Waals surface area contributed by atoms with Gasteiger partial charge in [-0.05, 0) is 62.2 Å². The van der Waals surface area contributed by atoms with E-state index >= 15 is 0 Å². The van der Waals surface area contributed by atoms with Crippen LogP contribution in [0.4, 0.5) is 0 Å². The molecule has 2 aliphatic rings. The molecule has 2 aliphatic carbocycles. The zero-order valence-electron chi connectivity index (χ0n) is 17.4. The SMILES string of the molecule is C=CC1CCC(C(C)C)CC1C(C)C.CC1(C(=O)O)C=CC=C(C(=O)O)C1. The number of aliphatic carboxylic acids is 2. The van der Waals surface area contributed by atoms with Gasteiger partial charge < -0.3 is 10.2 Å². The highest BCUT2D eigenvalue weighted by Gasteiger charge is 2.34. The Kier molecular flexibility index (Phi) is 8.52. The number of carboxylic acids is 2. The summed E-state index contributed by atoms with van der Waals surface area (Å²) in [5, 5.41) is 17.5. The Bertz CT molecular complexity index is 599. The van der Waals surface area contributed by atoms with Crippen LogP contribution in [0, 0.1) is 35.0 Å². The molecule has 0 aliphatic heterocycles. The molecule has 0 aromatic carbocycles. The van der Waals surface area contributed by atoms with Crippen molar-refractivity contribution < 1.29 is 19.8 Å².